The molecule has 1 saturated carbocycles. The Kier molecular flexibility index (Phi) is 3.62. The van der Waals surface area contributed by atoms with Crippen molar-refractivity contribution in [2.24, 2.45) is 5.92 Å². The Bertz CT molecular complexity index is 355. The van der Waals surface area contributed by atoms with E-state index in [4.69, 9.17) is 9.52 Å². The van der Waals surface area contributed by atoms with Crippen molar-refractivity contribution >= 4 is 5.97 Å². The molecule has 2 N–H and O–H groups in total. The lowest BCUT2D eigenvalue weighted by Crippen LogP contribution is -2.21. The van der Waals surface area contributed by atoms with E-state index in [2.05, 4.69) is 5.32 Å². The van der Waals surface area contributed by atoms with E-state index in [-0.39, 0.29) is 5.56 Å². The molecule has 1 aromatic rings. The summed E-state index contributed by atoms with van der Waals surface area (Å²) in [6.07, 6.45) is 6.67. The quantitative estimate of drug-likeness (QED) is 0.726. The van der Waals surface area contributed by atoms with E-state index < -0.39 is 5.97 Å². The highest BCUT2D eigenvalue weighted by molar-refractivity contribution is 5.88. The molecule has 0 amide bonds. The zero-order chi connectivity index (χ0) is 11.4. The molecule has 1 aliphatic carbocycles. The molecular formula is C12H17NO3. The lowest BCUT2D eigenvalue weighted by atomic mass is 9.83. The Morgan fingerprint density at radius 3 is 3.00 bits per heavy atom. The van der Waals surface area contributed by atoms with Crippen molar-refractivity contribution in [3.8, 4) is 0 Å². The van der Waals surface area contributed by atoms with Crippen molar-refractivity contribution in [3.05, 3.63) is 23.7 Å². The van der Waals surface area contributed by atoms with Crippen molar-refractivity contribution in [1.82, 2.24) is 5.32 Å². The first-order valence-electron chi connectivity index (χ1n) is 5.77. The van der Waals surface area contributed by atoms with Crippen LogP contribution in [0.15, 0.2) is 16.7 Å². The first-order valence-corrected chi connectivity index (χ1v) is 5.77. The third kappa shape index (κ3) is 2.64. The molecule has 0 bridgehead atoms. The Morgan fingerprint density at radius 1 is 1.56 bits per heavy atom. The van der Waals surface area contributed by atoms with Gasteiger partial charge in [0.1, 0.15) is 11.3 Å². The summed E-state index contributed by atoms with van der Waals surface area (Å²) in [5, 5.41) is 12.1. The summed E-state index contributed by atoms with van der Waals surface area (Å²) in [5.41, 5.74) is 0.260. The number of carbonyl (C=O) groups is 1. The Morgan fingerprint density at radius 2 is 2.38 bits per heavy atom. The Hall–Kier alpha value is -1.29. The maximum Gasteiger partial charge on any atom is 0.339 e. The molecule has 0 atom stereocenters. The normalized spacial score (nSPS) is 16.0. The van der Waals surface area contributed by atoms with Gasteiger partial charge in [0, 0.05) is 0 Å². The van der Waals surface area contributed by atoms with Gasteiger partial charge in [0.2, 0.25) is 0 Å². The number of aromatic carboxylic acids is 1. The summed E-state index contributed by atoms with van der Waals surface area (Å²) in [5.74, 6) is 0.466. The lowest BCUT2D eigenvalue weighted by Gasteiger charge is -2.25. The highest BCUT2D eigenvalue weighted by Crippen LogP contribution is 2.28. The Labute approximate surface area is 94.6 Å². The molecule has 0 radical (unpaired) electrons. The van der Waals surface area contributed by atoms with E-state index in [1.54, 1.807) is 0 Å². The molecule has 0 aliphatic heterocycles. The van der Waals surface area contributed by atoms with Gasteiger partial charge in [-0.15, -0.1) is 0 Å². The predicted molar refractivity (Wildman–Crippen MR) is 59.3 cm³/mol. The molecule has 1 heterocycles. The molecule has 1 aromatic heterocycles. The van der Waals surface area contributed by atoms with Crippen molar-refractivity contribution in [3.63, 3.8) is 0 Å². The van der Waals surface area contributed by atoms with Gasteiger partial charge in [-0.25, -0.2) is 4.79 Å². The van der Waals surface area contributed by atoms with E-state index in [9.17, 15) is 4.79 Å². The van der Waals surface area contributed by atoms with Crippen molar-refractivity contribution in [2.45, 2.75) is 32.2 Å². The average molecular weight is 223 g/mol. The van der Waals surface area contributed by atoms with Crippen LogP contribution >= 0.6 is 0 Å². The minimum atomic E-state index is -0.926. The van der Waals surface area contributed by atoms with Gasteiger partial charge in [-0.3, -0.25) is 0 Å². The molecule has 2 rings (SSSR count). The number of nitrogens with one attached hydrogen (secondary N) is 1. The molecule has 16 heavy (non-hydrogen) atoms. The number of hydrogen-bond acceptors (Lipinski definition) is 3. The van der Waals surface area contributed by atoms with Crippen LogP contribution in [0.3, 0.4) is 0 Å². The predicted octanol–water partition coefficient (Wildman–Crippen LogP) is 2.26. The van der Waals surface area contributed by atoms with Crippen LogP contribution in [0.2, 0.25) is 0 Å². The van der Waals surface area contributed by atoms with Gasteiger partial charge >= 0.3 is 5.97 Å². The van der Waals surface area contributed by atoms with Crippen molar-refractivity contribution in [1.29, 1.82) is 0 Å². The van der Waals surface area contributed by atoms with Crippen molar-refractivity contribution in [2.75, 3.05) is 6.54 Å². The third-order valence-corrected chi connectivity index (χ3v) is 3.22. The van der Waals surface area contributed by atoms with E-state index in [1.807, 2.05) is 0 Å². The SMILES string of the molecule is O=C(O)c1ccoc1CNCCC1CCC1. The highest BCUT2D eigenvalue weighted by atomic mass is 16.4. The van der Waals surface area contributed by atoms with Crippen LogP contribution in [0.4, 0.5) is 0 Å². The molecule has 0 saturated heterocycles. The summed E-state index contributed by atoms with van der Waals surface area (Å²) in [7, 11) is 0. The standard InChI is InChI=1S/C12H17NO3/c14-12(15)10-5-7-16-11(10)8-13-6-4-9-2-1-3-9/h5,7,9,13H,1-4,6,8H2,(H,14,15). The first-order chi connectivity index (χ1) is 7.77. The average Bonchev–Trinajstić information content (AvgIpc) is 2.62. The summed E-state index contributed by atoms with van der Waals surface area (Å²) < 4.78 is 5.13. The van der Waals surface area contributed by atoms with Crippen LogP contribution in [-0.4, -0.2) is 17.6 Å². The van der Waals surface area contributed by atoms with Gasteiger partial charge in [0.25, 0.3) is 0 Å². The zero-order valence-corrected chi connectivity index (χ0v) is 9.24. The van der Waals surface area contributed by atoms with Crippen LogP contribution < -0.4 is 5.32 Å². The number of carboxylic acids is 1. The number of carboxylic acid groups (broad SMARTS) is 1. The molecule has 4 heteroatoms. The molecule has 88 valence electrons. The summed E-state index contributed by atoms with van der Waals surface area (Å²) >= 11 is 0. The van der Waals surface area contributed by atoms with Crippen LogP contribution in [0.1, 0.15) is 41.8 Å². The van der Waals surface area contributed by atoms with E-state index in [1.165, 1.54) is 38.0 Å². The number of rotatable bonds is 6. The molecule has 4 nitrogen and oxygen atoms in total. The molecule has 0 unspecified atom stereocenters. The van der Waals surface area contributed by atoms with Crippen LogP contribution in [0, 0.1) is 5.92 Å². The van der Waals surface area contributed by atoms with Gasteiger partial charge < -0.3 is 14.8 Å². The second kappa shape index (κ2) is 5.16. The van der Waals surface area contributed by atoms with Crippen LogP contribution in [0.5, 0.6) is 0 Å². The zero-order valence-electron chi connectivity index (χ0n) is 9.24. The van der Waals surface area contributed by atoms with Crippen LogP contribution in [0.25, 0.3) is 0 Å². The lowest BCUT2D eigenvalue weighted by molar-refractivity contribution is 0.0694. The fraction of sp³-hybridized carbons (Fsp3) is 0.583. The van der Waals surface area contributed by atoms with E-state index in [0.29, 0.717) is 12.3 Å². The minimum absolute atomic E-state index is 0.260. The monoisotopic (exact) mass is 223 g/mol. The second-order valence-corrected chi connectivity index (χ2v) is 4.32. The third-order valence-electron chi connectivity index (χ3n) is 3.22. The number of furan rings is 1. The summed E-state index contributed by atoms with van der Waals surface area (Å²) in [6, 6.07) is 1.49. The van der Waals surface area contributed by atoms with E-state index in [0.717, 1.165) is 12.5 Å². The van der Waals surface area contributed by atoms with Gasteiger partial charge in [-0.2, -0.15) is 0 Å². The number of hydrogen-bond donors (Lipinski definition) is 2. The molecular weight excluding hydrogens is 206 g/mol. The van der Waals surface area contributed by atoms with Crippen molar-refractivity contribution < 1.29 is 14.3 Å². The minimum Gasteiger partial charge on any atom is -0.478 e. The largest absolute Gasteiger partial charge is 0.478 e. The fourth-order valence-corrected chi connectivity index (χ4v) is 1.96. The molecule has 0 spiro atoms. The fourth-order valence-electron chi connectivity index (χ4n) is 1.96. The van der Waals surface area contributed by atoms with E-state index >= 15 is 0 Å². The molecule has 0 aromatic carbocycles. The van der Waals surface area contributed by atoms with Gasteiger partial charge in [0.05, 0.1) is 12.8 Å². The summed E-state index contributed by atoms with van der Waals surface area (Å²) in [6.45, 7) is 1.44. The molecule has 1 fully saturated rings. The first kappa shape index (κ1) is 11.2. The summed E-state index contributed by atoms with van der Waals surface area (Å²) in [4.78, 5) is 10.8. The van der Waals surface area contributed by atoms with Gasteiger partial charge in [-0.05, 0) is 24.9 Å². The second-order valence-electron chi connectivity index (χ2n) is 4.32. The smallest absolute Gasteiger partial charge is 0.339 e. The Balaban J connectivity index is 1.71. The van der Waals surface area contributed by atoms with Crippen LogP contribution in [-0.2, 0) is 6.54 Å². The molecule has 1 aliphatic rings. The maximum atomic E-state index is 10.8. The maximum absolute atomic E-state index is 10.8. The topological polar surface area (TPSA) is 62.5 Å². The highest BCUT2D eigenvalue weighted by Gasteiger charge is 2.17. The van der Waals surface area contributed by atoms with Gasteiger partial charge in [-0.1, -0.05) is 19.3 Å². The van der Waals surface area contributed by atoms with Gasteiger partial charge in [0.15, 0.2) is 0 Å².